The third kappa shape index (κ3) is 4.03. The summed E-state index contributed by atoms with van der Waals surface area (Å²) >= 11 is 0. The number of pyridine rings is 1. The van der Waals surface area contributed by atoms with Crippen LogP contribution < -0.4 is 4.90 Å². The van der Waals surface area contributed by atoms with E-state index in [0.717, 1.165) is 32.1 Å². The van der Waals surface area contributed by atoms with E-state index in [1.165, 1.54) is 5.56 Å². The maximum Gasteiger partial charge on any atom is 0.151 e. The van der Waals surface area contributed by atoms with Crippen molar-refractivity contribution in [3.63, 3.8) is 0 Å². The molecule has 2 atom stereocenters. The lowest BCUT2D eigenvalue weighted by molar-refractivity contribution is -0.0368. The minimum Gasteiger partial charge on any atom is -0.374 e. The molecular weight excluding hydrogens is 290 g/mol. The predicted octanol–water partition coefficient (Wildman–Crippen LogP) is 1.77. The molecule has 122 valence electrons. The topological polar surface area (TPSA) is 54.4 Å². The Morgan fingerprint density at radius 2 is 2.13 bits per heavy atom. The quantitative estimate of drug-likeness (QED) is 0.838. The van der Waals surface area contributed by atoms with E-state index in [0.29, 0.717) is 6.04 Å². The molecule has 1 aliphatic rings. The number of anilines is 1. The Balaban J connectivity index is 1.60. The lowest BCUT2D eigenvalue weighted by atomic mass is 10.1. The van der Waals surface area contributed by atoms with Crippen LogP contribution in [0.1, 0.15) is 18.5 Å². The minimum absolute atomic E-state index is 0.167. The van der Waals surface area contributed by atoms with Crippen LogP contribution in [0.3, 0.4) is 0 Å². The van der Waals surface area contributed by atoms with Crippen molar-refractivity contribution in [2.45, 2.75) is 19.1 Å². The summed E-state index contributed by atoms with van der Waals surface area (Å²) in [7, 11) is 2.03. The van der Waals surface area contributed by atoms with Crippen molar-refractivity contribution in [3.05, 3.63) is 48.4 Å². The minimum atomic E-state index is 0.167. The zero-order chi connectivity index (χ0) is 16.1. The maximum atomic E-state index is 5.94. The highest BCUT2D eigenvalue weighted by atomic mass is 16.5. The number of likely N-dealkylation sites (N-methyl/N-ethyl adjacent to an activating group) is 1. The van der Waals surface area contributed by atoms with Gasteiger partial charge in [0.15, 0.2) is 5.82 Å². The molecule has 23 heavy (non-hydrogen) atoms. The second-order valence-corrected chi connectivity index (χ2v) is 5.91. The van der Waals surface area contributed by atoms with Crippen LogP contribution in [0.15, 0.2) is 42.9 Å². The maximum absolute atomic E-state index is 5.94. The molecular formula is C17H23N5O. The molecule has 0 amide bonds. The third-order valence-corrected chi connectivity index (χ3v) is 4.33. The van der Waals surface area contributed by atoms with Gasteiger partial charge in [-0.15, -0.1) is 5.10 Å². The first-order valence-electron chi connectivity index (χ1n) is 7.98. The molecule has 3 rings (SSSR count). The Hall–Kier alpha value is -2.05. The molecule has 6 nitrogen and oxygen atoms in total. The molecule has 2 aromatic heterocycles. The van der Waals surface area contributed by atoms with Crippen LogP contribution in [0.25, 0.3) is 0 Å². The number of ether oxygens (including phenoxy) is 1. The fourth-order valence-corrected chi connectivity index (χ4v) is 2.95. The van der Waals surface area contributed by atoms with Gasteiger partial charge in [-0.2, -0.15) is 5.10 Å². The summed E-state index contributed by atoms with van der Waals surface area (Å²) < 4.78 is 5.94. The van der Waals surface area contributed by atoms with Gasteiger partial charge in [-0.3, -0.25) is 9.88 Å². The van der Waals surface area contributed by atoms with Crippen molar-refractivity contribution >= 4 is 5.82 Å². The molecule has 1 saturated heterocycles. The van der Waals surface area contributed by atoms with Gasteiger partial charge in [0.05, 0.1) is 12.7 Å². The van der Waals surface area contributed by atoms with Gasteiger partial charge in [-0.1, -0.05) is 0 Å². The lowest BCUT2D eigenvalue weighted by Gasteiger charge is -2.38. The van der Waals surface area contributed by atoms with E-state index in [1.54, 1.807) is 6.20 Å². The lowest BCUT2D eigenvalue weighted by Crippen LogP contribution is -2.47. The standard InChI is InChI=1S/C17H23N5O/c1-14(15-5-8-18-9-6-15)22-10-11-23-16(13-22)12-21(2)17-4-3-7-19-20-17/h3-9,14,16H,10-13H2,1-2H3/t14-,16+/m1/s1. The fourth-order valence-electron chi connectivity index (χ4n) is 2.95. The highest BCUT2D eigenvalue weighted by molar-refractivity contribution is 5.35. The van der Waals surface area contributed by atoms with Crippen molar-refractivity contribution in [2.24, 2.45) is 0 Å². The molecule has 0 bridgehead atoms. The van der Waals surface area contributed by atoms with E-state index in [-0.39, 0.29) is 6.10 Å². The van der Waals surface area contributed by atoms with Crippen LogP contribution in [0.4, 0.5) is 5.82 Å². The largest absolute Gasteiger partial charge is 0.374 e. The Bertz CT molecular complexity index is 594. The van der Waals surface area contributed by atoms with Gasteiger partial charge >= 0.3 is 0 Å². The molecule has 3 heterocycles. The van der Waals surface area contributed by atoms with Crippen LogP contribution in [0, 0.1) is 0 Å². The molecule has 0 N–H and O–H groups in total. The van der Waals surface area contributed by atoms with E-state index >= 15 is 0 Å². The van der Waals surface area contributed by atoms with E-state index in [1.807, 2.05) is 31.6 Å². The molecule has 0 unspecified atom stereocenters. The van der Waals surface area contributed by atoms with Crippen molar-refractivity contribution in [3.8, 4) is 0 Å². The second-order valence-electron chi connectivity index (χ2n) is 5.91. The number of hydrogen-bond acceptors (Lipinski definition) is 6. The van der Waals surface area contributed by atoms with Gasteiger partial charge in [0, 0.05) is 51.3 Å². The van der Waals surface area contributed by atoms with Crippen molar-refractivity contribution < 1.29 is 4.74 Å². The van der Waals surface area contributed by atoms with Gasteiger partial charge in [0.25, 0.3) is 0 Å². The number of rotatable bonds is 5. The SMILES string of the molecule is C[C@H](c1ccncc1)N1CCO[C@@H](CN(C)c2cccnn2)C1. The van der Waals surface area contributed by atoms with Gasteiger partial charge in [-0.05, 0) is 36.8 Å². The Morgan fingerprint density at radius 3 is 2.87 bits per heavy atom. The smallest absolute Gasteiger partial charge is 0.151 e. The van der Waals surface area contributed by atoms with E-state index in [4.69, 9.17) is 4.74 Å². The summed E-state index contributed by atoms with van der Waals surface area (Å²) in [4.78, 5) is 8.66. The van der Waals surface area contributed by atoms with Gasteiger partial charge in [0.2, 0.25) is 0 Å². The first-order chi connectivity index (χ1) is 11.2. The summed E-state index contributed by atoms with van der Waals surface area (Å²) in [5.41, 5.74) is 1.29. The molecule has 0 radical (unpaired) electrons. The number of morpholine rings is 1. The van der Waals surface area contributed by atoms with Crippen LogP contribution in [0.2, 0.25) is 0 Å². The van der Waals surface area contributed by atoms with Crippen LogP contribution in [-0.2, 0) is 4.74 Å². The molecule has 0 aliphatic carbocycles. The van der Waals surface area contributed by atoms with Gasteiger partial charge in [0.1, 0.15) is 0 Å². The number of hydrogen-bond donors (Lipinski definition) is 0. The molecule has 1 aliphatic heterocycles. The van der Waals surface area contributed by atoms with Gasteiger partial charge in [-0.25, -0.2) is 0 Å². The first kappa shape index (κ1) is 15.8. The zero-order valence-corrected chi connectivity index (χ0v) is 13.7. The van der Waals surface area contributed by atoms with Crippen molar-refractivity contribution in [1.29, 1.82) is 0 Å². The summed E-state index contributed by atoms with van der Waals surface area (Å²) in [6, 6.07) is 8.40. The predicted molar refractivity (Wildman–Crippen MR) is 89.3 cm³/mol. The Morgan fingerprint density at radius 1 is 1.30 bits per heavy atom. The fraction of sp³-hybridized carbons (Fsp3) is 0.471. The van der Waals surface area contributed by atoms with Gasteiger partial charge < -0.3 is 9.64 Å². The summed E-state index contributed by atoms with van der Waals surface area (Å²) in [5.74, 6) is 0.871. The van der Waals surface area contributed by atoms with Crippen LogP contribution >= 0.6 is 0 Å². The molecule has 0 saturated carbocycles. The highest BCUT2D eigenvalue weighted by Gasteiger charge is 2.26. The Kier molecular flexibility index (Phi) is 5.15. The van der Waals surface area contributed by atoms with E-state index in [9.17, 15) is 0 Å². The number of nitrogens with zero attached hydrogens (tertiary/aromatic N) is 5. The van der Waals surface area contributed by atoms with Crippen LogP contribution in [0.5, 0.6) is 0 Å². The summed E-state index contributed by atoms with van der Waals surface area (Å²) in [6.07, 6.45) is 5.56. The van der Waals surface area contributed by atoms with Crippen LogP contribution in [-0.4, -0.2) is 59.5 Å². The molecule has 0 spiro atoms. The zero-order valence-electron chi connectivity index (χ0n) is 13.7. The van der Waals surface area contributed by atoms with E-state index < -0.39 is 0 Å². The molecule has 6 heteroatoms. The van der Waals surface area contributed by atoms with E-state index in [2.05, 4.69) is 44.0 Å². The molecule has 1 fully saturated rings. The molecule has 2 aromatic rings. The average Bonchev–Trinajstić information content (AvgIpc) is 2.63. The summed E-state index contributed by atoms with van der Waals surface area (Å²) in [6.45, 7) is 5.67. The Labute approximate surface area is 137 Å². The second kappa shape index (κ2) is 7.48. The number of aromatic nitrogens is 3. The highest BCUT2D eigenvalue weighted by Crippen LogP contribution is 2.22. The average molecular weight is 313 g/mol. The monoisotopic (exact) mass is 313 g/mol. The van der Waals surface area contributed by atoms with Crippen molar-refractivity contribution in [1.82, 2.24) is 20.1 Å². The third-order valence-electron chi connectivity index (χ3n) is 4.33. The summed E-state index contributed by atoms with van der Waals surface area (Å²) in [5, 5.41) is 8.08. The molecule has 0 aromatic carbocycles. The first-order valence-corrected chi connectivity index (χ1v) is 7.98. The van der Waals surface area contributed by atoms with Crippen molar-refractivity contribution in [2.75, 3.05) is 38.2 Å². The normalized spacial score (nSPS) is 20.2.